The van der Waals surface area contributed by atoms with Crippen molar-refractivity contribution in [1.29, 1.82) is 0 Å². The van der Waals surface area contributed by atoms with Crippen LogP contribution in [-0.4, -0.2) is 28.3 Å². The Morgan fingerprint density at radius 2 is 2.00 bits per heavy atom. The van der Waals surface area contributed by atoms with Crippen molar-refractivity contribution < 1.29 is 14.3 Å². The maximum atomic E-state index is 12.6. The van der Waals surface area contributed by atoms with Crippen molar-refractivity contribution in [3.05, 3.63) is 65.9 Å². The quantitative estimate of drug-likeness (QED) is 0.545. The molecule has 0 fully saturated rings. The van der Waals surface area contributed by atoms with Crippen LogP contribution in [0.25, 0.3) is 22.0 Å². The minimum atomic E-state index is -0.597. The van der Waals surface area contributed by atoms with Crippen molar-refractivity contribution in [3.63, 3.8) is 0 Å². The molecule has 3 aromatic rings. The number of ether oxygens (including phenoxy) is 1. The van der Waals surface area contributed by atoms with Crippen LogP contribution in [0, 0.1) is 0 Å². The molecule has 5 nitrogen and oxygen atoms in total. The molecule has 0 unspecified atom stereocenters. The number of carbonyl (C=O) groups excluding carboxylic acids is 2. The normalized spacial score (nSPS) is 13.5. The summed E-state index contributed by atoms with van der Waals surface area (Å²) < 4.78 is 6.26. The standard InChI is InChI=1S/C20H16N2O3/c1-2-25-20(24)17-11-10-14-12-18(21-22(14)19(17)23)16-9-5-7-13-6-3-4-8-15(13)16/h3-9,11-12H,2,10H2,1H3. The lowest BCUT2D eigenvalue weighted by Gasteiger charge is -2.12. The highest BCUT2D eigenvalue weighted by Crippen LogP contribution is 2.29. The first kappa shape index (κ1) is 15.3. The molecular weight excluding hydrogens is 316 g/mol. The van der Waals surface area contributed by atoms with Crippen LogP contribution in [0.15, 0.2) is 60.2 Å². The van der Waals surface area contributed by atoms with Gasteiger partial charge in [0.05, 0.1) is 18.0 Å². The number of allylic oxidation sites excluding steroid dienone is 1. The van der Waals surface area contributed by atoms with Crippen molar-refractivity contribution in [2.75, 3.05) is 6.61 Å². The average molecular weight is 332 g/mol. The Labute approximate surface area is 144 Å². The SMILES string of the molecule is CCOC(=O)C1=CCc2cc(-c3cccc4ccccc34)nn2C1=O. The maximum Gasteiger partial charge on any atom is 0.343 e. The van der Waals surface area contributed by atoms with Gasteiger partial charge in [0.25, 0.3) is 5.91 Å². The summed E-state index contributed by atoms with van der Waals surface area (Å²) >= 11 is 0. The van der Waals surface area contributed by atoms with Gasteiger partial charge in [-0.15, -0.1) is 0 Å². The van der Waals surface area contributed by atoms with Gasteiger partial charge in [0.1, 0.15) is 5.57 Å². The van der Waals surface area contributed by atoms with E-state index < -0.39 is 11.9 Å². The average Bonchev–Trinajstić information content (AvgIpc) is 3.07. The summed E-state index contributed by atoms with van der Waals surface area (Å²) in [4.78, 5) is 24.5. The Kier molecular flexibility index (Phi) is 3.69. The fourth-order valence-electron chi connectivity index (χ4n) is 3.11. The predicted molar refractivity (Wildman–Crippen MR) is 94.2 cm³/mol. The molecule has 0 atom stereocenters. The van der Waals surface area contributed by atoms with Crippen LogP contribution in [0.4, 0.5) is 0 Å². The maximum absolute atomic E-state index is 12.6. The minimum Gasteiger partial charge on any atom is -0.462 e. The molecule has 4 rings (SSSR count). The highest BCUT2D eigenvalue weighted by molar-refractivity contribution is 6.17. The molecule has 0 bridgehead atoms. The summed E-state index contributed by atoms with van der Waals surface area (Å²) in [6.07, 6.45) is 2.09. The first-order valence-corrected chi connectivity index (χ1v) is 8.18. The second kappa shape index (κ2) is 6.02. The van der Waals surface area contributed by atoms with E-state index in [1.165, 1.54) is 4.68 Å². The number of fused-ring (bicyclic) bond motifs is 2. The van der Waals surface area contributed by atoms with Gasteiger partial charge < -0.3 is 4.74 Å². The summed E-state index contributed by atoms with van der Waals surface area (Å²) in [5.41, 5.74) is 2.49. The summed E-state index contributed by atoms with van der Waals surface area (Å²) in [6.45, 7) is 1.94. The van der Waals surface area contributed by atoms with E-state index in [-0.39, 0.29) is 12.2 Å². The van der Waals surface area contributed by atoms with E-state index in [1.807, 2.05) is 48.5 Å². The number of carbonyl (C=O) groups is 2. The van der Waals surface area contributed by atoms with E-state index in [1.54, 1.807) is 13.0 Å². The molecule has 124 valence electrons. The molecule has 2 heterocycles. The van der Waals surface area contributed by atoms with Gasteiger partial charge >= 0.3 is 5.97 Å². The summed E-state index contributed by atoms with van der Waals surface area (Å²) in [7, 11) is 0. The highest BCUT2D eigenvalue weighted by Gasteiger charge is 2.28. The lowest BCUT2D eigenvalue weighted by molar-refractivity contribution is -0.138. The zero-order valence-corrected chi connectivity index (χ0v) is 13.7. The van der Waals surface area contributed by atoms with Gasteiger partial charge in [0.15, 0.2) is 0 Å². The second-order valence-corrected chi connectivity index (χ2v) is 5.81. The van der Waals surface area contributed by atoms with Gasteiger partial charge in [-0.2, -0.15) is 9.78 Å². The second-order valence-electron chi connectivity index (χ2n) is 5.81. The molecule has 1 aromatic heterocycles. The monoisotopic (exact) mass is 332 g/mol. The van der Waals surface area contributed by atoms with E-state index in [0.717, 1.165) is 27.7 Å². The number of rotatable bonds is 3. The van der Waals surface area contributed by atoms with Crippen molar-refractivity contribution in [1.82, 2.24) is 9.78 Å². The number of nitrogens with zero attached hydrogens (tertiary/aromatic N) is 2. The van der Waals surface area contributed by atoms with Gasteiger partial charge in [0, 0.05) is 12.0 Å². The van der Waals surface area contributed by atoms with Crippen LogP contribution < -0.4 is 0 Å². The van der Waals surface area contributed by atoms with E-state index in [9.17, 15) is 9.59 Å². The zero-order valence-electron chi connectivity index (χ0n) is 13.7. The molecule has 0 spiro atoms. The molecule has 1 aliphatic rings. The minimum absolute atomic E-state index is 0.0434. The topological polar surface area (TPSA) is 61.2 Å². The lowest BCUT2D eigenvalue weighted by Crippen LogP contribution is -2.27. The van der Waals surface area contributed by atoms with Crippen LogP contribution in [0.2, 0.25) is 0 Å². The van der Waals surface area contributed by atoms with E-state index in [4.69, 9.17) is 4.74 Å². The van der Waals surface area contributed by atoms with Crippen LogP contribution in [-0.2, 0) is 16.0 Å². The van der Waals surface area contributed by atoms with Crippen LogP contribution in [0.1, 0.15) is 17.4 Å². The Hall–Kier alpha value is -3.21. The predicted octanol–water partition coefficient (Wildman–Crippen LogP) is 3.39. The molecule has 0 saturated carbocycles. The fourth-order valence-corrected chi connectivity index (χ4v) is 3.11. The van der Waals surface area contributed by atoms with E-state index in [2.05, 4.69) is 5.10 Å². The van der Waals surface area contributed by atoms with Crippen molar-refractivity contribution in [2.24, 2.45) is 0 Å². The van der Waals surface area contributed by atoms with Crippen molar-refractivity contribution in [3.8, 4) is 11.3 Å². The van der Waals surface area contributed by atoms with Crippen LogP contribution >= 0.6 is 0 Å². The van der Waals surface area contributed by atoms with Crippen molar-refractivity contribution in [2.45, 2.75) is 13.3 Å². The molecule has 2 aromatic carbocycles. The van der Waals surface area contributed by atoms with Crippen molar-refractivity contribution >= 4 is 22.6 Å². The molecule has 0 radical (unpaired) electrons. The fraction of sp³-hybridized carbons (Fsp3) is 0.150. The zero-order chi connectivity index (χ0) is 17.4. The summed E-state index contributed by atoms with van der Waals surface area (Å²) in [5, 5.41) is 6.65. The molecule has 0 amide bonds. The number of esters is 1. The van der Waals surface area contributed by atoms with E-state index >= 15 is 0 Å². The Morgan fingerprint density at radius 3 is 2.84 bits per heavy atom. The number of benzene rings is 2. The largest absolute Gasteiger partial charge is 0.462 e. The third kappa shape index (κ3) is 2.54. The molecule has 0 aliphatic carbocycles. The molecule has 25 heavy (non-hydrogen) atoms. The number of aromatic nitrogens is 2. The van der Waals surface area contributed by atoms with Gasteiger partial charge in [-0.05, 0) is 23.8 Å². The van der Waals surface area contributed by atoms with E-state index in [0.29, 0.717) is 6.42 Å². The molecule has 1 aliphatic heterocycles. The molecule has 0 N–H and O–H groups in total. The van der Waals surface area contributed by atoms with Gasteiger partial charge in [0.2, 0.25) is 0 Å². The Balaban J connectivity index is 1.76. The first-order valence-electron chi connectivity index (χ1n) is 8.18. The van der Waals surface area contributed by atoms with Gasteiger partial charge in [-0.1, -0.05) is 48.5 Å². The Bertz CT molecular complexity index is 1030. The van der Waals surface area contributed by atoms with Crippen LogP contribution in [0.5, 0.6) is 0 Å². The first-order chi connectivity index (χ1) is 12.2. The van der Waals surface area contributed by atoms with Crippen LogP contribution in [0.3, 0.4) is 0 Å². The van der Waals surface area contributed by atoms with Gasteiger partial charge in [-0.25, -0.2) is 4.79 Å². The summed E-state index contributed by atoms with van der Waals surface area (Å²) in [5.74, 6) is -1.04. The smallest absolute Gasteiger partial charge is 0.343 e. The summed E-state index contributed by atoms with van der Waals surface area (Å²) in [6, 6.07) is 15.9. The molecular formula is C20H16N2O3. The lowest BCUT2D eigenvalue weighted by atomic mass is 10.0. The highest BCUT2D eigenvalue weighted by atomic mass is 16.5. The number of hydrogen-bond acceptors (Lipinski definition) is 4. The molecule has 5 heteroatoms. The Morgan fingerprint density at radius 1 is 1.20 bits per heavy atom. The third-order valence-corrected chi connectivity index (χ3v) is 4.28. The molecule has 0 saturated heterocycles. The number of hydrogen-bond donors (Lipinski definition) is 0. The third-order valence-electron chi connectivity index (χ3n) is 4.28. The van der Waals surface area contributed by atoms with Gasteiger partial charge in [-0.3, -0.25) is 4.79 Å².